The Morgan fingerprint density at radius 1 is 1.18 bits per heavy atom. The van der Waals surface area contributed by atoms with Crippen LogP contribution in [0, 0.1) is 6.92 Å². The summed E-state index contributed by atoms with van der Waals surface area (Å²) in [5, 5.41) is 3.02. The van der Waals surface area contributed by atoms with Gasteiger partial charge in [0.2, 0.25) is 0 Å². The fourth-order valence-corrected chi connectivity index (χ4v) is 3.55. The Hall–Kier alpha value is -2.69. The molecule has 0 saturated carbocycles. The molecule has 5 heteroatoms. The monoisotopic (exact) mass is 378 g/mol. The van der Waals surface area contributed by atoms with E-state index in [-0.39, 0.29) is 5.91 Å². The predicted molar refractivity (Wildman–Crippen MR) is 113 cm³/mol. The van der Waals surface area contributed by atoms with Crippen LogP contribution in [0.2, 0.25) is 0 Å². The molecule has 0 aliphatic heterocycles. The summed E-state index contributed by atoms with van der Waals surface area (Å²) in [6.45, 7) is 6.15. The number of amides is 1. The zero-order valence-corrected chi connectivity index (χ0v) is 16.9. The van der Waals surface area contributed by atoms with E-state index in [0.29, 0.717) is 18.1 Å². The molecular weight excluding hydrogens is 348 g/mol. The number of nitrogens with zero attached hydrogens (tertiary/aromatic N) is 3. The molecule has 148 valence electrons. The Labute approximate surface area is 167 Å². The van der Waals surface area contributed by atoms with Gasteiger partial charge >= 0.3 is 0 Å². The van der Waals surface area contributed by atoms with Gasteiger partial charge in [-0.15, -0.1) is 0 Å². The van der Waals surface area contributed by atoms with E-state index in [1.54, 1.807) is 6.07 Å². The summed E-state index contributed by atoms with van der Waals surface area (Å²) >= 11 is 0. The van der Waals surface area contributed by atoms with Crippen LogP contribution in [-0.2, 0) is 6.54 Å². The summed E-state index contributed by atoms with van der Waals surface area (Å²) in [5.74, 6) is 1.28. The maximum atomic E-state index is 12.6. The van der Waals surface area contributed by atoms with E-state index in [2.05, 4.69) is 45.3 Å². The minimum atomic E-state index is -0.126. The molecule has 1 amide bonds. The van der Waals surface area contributed by atoms with Crippen LogP contribution in [-0.4, -0.2) is 29.0 Å². The van der Waals surface area contributed by atoms with Crippen molar-refractivity contribution in [3.8, 4) is 0 Å². The molecule has 1 aliphatic carbocycles. The number of hydrogen-bond acceptors (Lipinski definition) is 4. The van der Waals surface area contributed by atoms with Crippen LogP contribution < -0.4 is 10.2 Å². The zero-order chi connectivity index (χ0) is 19.8. The van der Waals surface area contributed by atoms with Crippen LogP contribution in [0.15, 0.2) is 48.0 Å². The van der Waals surface area contributed by atoms with E-state index in [0.717, 1.165) is 31.7 Å². The Morgan fingerprint density at radius 3 is 2.71 bits per heavy atom. The lowest BCUT2D eigenvalue weighted by Crippen LogP contribution is -2.28. The first kappa shape index (κ1) is 20.1. The summed E-state index contributed by atoms with van der Waals surface area (Å²) in [6.07, 6.45) is 8.14. The average molecular weight is 379 g/mol. The van der Waals surface area contributed by atoms with Crippen molar-refractivity contribution >= 4 is 11.7 Å². The number of hydrogen-bond donors (Lipinski definition) is 1. The number of allylic oxidation sites excluding steroid dienone is 1. The second kappa shape index (κ2) is 10.0. The molecule has 5 nitrogen and oxygen atoms in total. The molecule has 1 aromatic heterocycles. The van der Waals surface area contributed by atoms with Crippen LogP contribution in [0.1, 0.15) is 60.9 Å². The highest BCUT2D eigenvalue weighted by molar-refractivity contribution is 5.92. The lowest BCUT2D eigenvalue weighted by Gasteiger charge is -2.22. The smallest absolute Gasteiger partial charge is 0.270 e. The van der Waals surface area contributed by atoms with Crippen molar-refractivity contribution < 1.29 is 4.79 Å². The standard InChI is InChI=1S/C23H30N4O/c1-3-27(17-20-12-8-5-9-13-20)22-16-21(25-18(2)26-22)23(28)24-15-14-19-10-6-4-7-11-19/h5,8-10,12-13,16H,3-4,6-7,11,14-15,17H2,1-2H3,(H,24,28). The van der Waals surface area contributed by atoms with Gasteiger partial charge in [-0.25, -0.2) is 9.97 Å². The summed E-state index contributed by atoms with van der Waals surface area (Å²) in [6, 6.07) is 12.1. The van der Waals surface area contributed by atoms with Crippen molar-refractivity contribution in [2.24, 2.45) is 0 Å². The first-order valence-electron chi connectivity index (χ1n) is 10.3. The van der Waals surface area contributed by atoms with E-state index in [1.807, 2.05) is 25.1 Å². The van der Waals surface area contributed by atoms with Gasteiger partial charge in [0.05, 0.1) is 0 Å². The number of aryl methyl sites for hydroxylation is 1. The molecule has 0 atom stereocenters. The SMILES string of the molecule is CCN(Cc1ccccc1)c1cc(C(=O)NCCC2=CCCCC2)nc(C)n1. The highest BCUT2D eigenvalue weighted by Crippen LogP contribution is 2.20. The molecule has 2 aromatic rings. The lowest BCUT2D eigenvalue weighted by molar-refractivity contribution is 0.0948. The van der Waals surface area contributed by atoms with Crippen LogP contribution in [0.4, 0.5) is 5.82 Å². The Morgan fingerprint density at radius 2 is 2.00 bits per heavy atom. The maximum Gasteiger partial charge on any atom is 0.270 e. The van der Waals surface area contributed by atoms with Crippen LogP contribution in [0.25, 0.3) is 0 Å². The average Bonchev–Trinajstić information content (AvgIpc) is 2.73. The molecule has 3 rings (SSSR count). The van der Waals surface area contributed by atoms with Gasteiger partial charge in [-0.05, 0) is 51.5 Å². The van der Waals surface area contributed by atoms with E-state index in [9.17, 15) is 4.79 Å². The van der Waals surface area contributed by atoms with E-state index in [1.165, 1.54) is 30.4 Å². The normalized spacial score (nSPS) is 13.7. The summed E-state index contributed by atoms with van der Waals surface area (Å²) < 4.78 is 0. The number of carbonyl (C=O) groups is 1. The van der Waals surface area contributed by atoms with Gasteiger partial charge in [0.25, 0.3) is 5.91 Å². The quantitative estimate of drug-likeness (QED) is 0.690. The Kier molecular flexibility index (Phi) is 7.18. The maximum absolute atomic E-state index is 12.6. The van der Waals surface area contributed by atoms with Gasteiger partial charge in [-0.1, -0.05) is 42.0 Å². The van der Waals surface area contributed by atoms with Crippen molar-refractivity contribution in [3.63, 3.8) is 0 Å². The highest BCUT2D eigenvalue weighted by Gasteiger charge is 2.14. The van der Waals surface area contributed by atoms with Crippen LogP contribution in [0.3, 0.4) is 0 Å². The summed E-state index contributed by atoms with van der Waals surface area (Å²) in [7, 11) is 0. The third-order valence-electron chi connectivity index (χ3n) is 5.10. The number of benzene rings is 1. The van der Waals surface area contributed by atoms with Crippen molar-refractivity contribution in [1.29, 1.82) is 0 Å². The van der Waals surface area contributed by atoms with Gasteiger partial charge in [0, 0.05) is 25.7 Å². The molecule has 0 saturated heterocycles. The minimum absolute atomic E-state index is 0.126. The molecular formula is C23H30N4O. The number of aromatic nitrogens is 2. The highest BCUT2D eigenvalue weighted by atomic mass is 16.1. The molecule has 1 heterocycles. The molecule has 0 spiro atoms. The fourth-order valence-electron chi connectivity index (χ4n) is 3.55. The molecule has 0 fully saturated rings. The van der Waals surface area contributed by atoms with Crippen LogP contribution in [0.5, 0.6) is 0 Å². The third-order valence-corrected chi connectivity index (χ3v) is 5.10. The van der Waals surface area contributed by atoms with Crippen LogP contribution >= 0.6 is 0 Å². The first-order chi connectivity index (χ1) is 13.7. The first-order valence-corrected chi connectivity index (χ1v) is 10.3. The lowest BCUT2D eigenvalue weighted by atomic mass is 9.97. The number of carbonyl (C=O) groups excluding carboxylic acids is 1. The molecule has 1 aromatic carbocycles. The fraction of sp³-hybridized carbons (Fsp3) is 0.435. The van der Waals surface area contributed by atoms with E-state index >= 15 is 0 Å². The topological polar surface area (TPSA) is 58.1 Å². The summed E-state index contributed by atoms with van der Waals surface area (Å²) in [5.41, 5.74) is 3.12. The Balaban J connectivity index is 1.65. The van der Waals surface area contributed by atoms with Gasteiger partial charge in [-0.2, -0.15) is 0 Å². The largest absolute Gasteiger partial charge is 0.352 e. The molecule has 1 aliphatic rings. The number of rotatable bonds is 8. The minimum Gasteiger partial charge on any atom is -0.352 e. The zero-order valence-electron chi connectivity index (χ0n) is 16.9. The second-order valence-electron chi connectivity index (χ2n) is 7.27. The van der Waals surface area contributed by atoms with Crippen molar-refractivity contribution in [2.45, 2.75) is 52.5 Å². The van der Waals surface area contributed by atoms with Gasteiger partial charge in [0.15, 0.2) is 0 Å². The molecule has 1 N–H and O–H groups in total. The van der Waals surface area contributed by atoms with Gasteiger partial charge in [-0.3, -0.25) is 4.79 Å². The van der Waals surface area contributed by atoms with Crippen molar-refractivity contribution in [3.05, 3.63) is 65.1 Å². The van der Waals surface area contributed by atoms with Crippen molar-refractivity contribution in [2.75, 3.05) is 18.0 Å². The van der Waals surface area contributed by atoms with Gasteiger partial charge in [0.1, 0.15) is 17.3 Å². The second-order valence-corrected chi connectivity index (χ2v) is 7.27. The van der Waals surface area contributed by atoms with E-state index in [4.69, 9.17) is 0 Å². The number of anilines is 1. The molecule has 28 heavy (non-hydrogen) atoms. The number of nitrogens with one attached hydrogen (secondary N) is 1. The summed E-state index contributed by atoms with van der Waals surface area (Å²) in [4.78, 5) is 23.7. The molecule has 0 bridgehead atoms. The van der Waals surface area contributed by atoms with E-state index < -0.39 is 0 Å². The molecule has 0 unspecified atom stereocenters. The predicted octanol–water partition coefficient (Wildman–Crippen LogP) is 4.43. The van der Waals surface area contributed by atoms with Crippen molar-refractivity contribution in [1.82, 2.24) is 15.3 Å². The molecule has 0 radical (unpaired) electrons. The Bertz CT molecular complexity index is 817. The third kappa shape index (κ3) is 5.65. The van der Waals surface area contributed by atoms with Gasteiger partial charge < -0.3 is 10.2 Å².